The third kappa shape index (κ3) is 23.3. The zero-order valence-corrected chi connectivity index (χ0v) is 72.6. The topological polar surface area (TPSA) is 589 Å². The molecule has 6 aliphatic heterocycles. The molecule has 23 N–H and O–H groups in total. The molecule has 37 nitrogen and oxygen atoms in total. The number of likely N-dealkylation sites (N-methyl/N-ethyl adjacent to an activating group) is 1. The minimum absolute atomic E-state index is 0.0243. The van der Waals surface area contributed by atoms with Crippen LogP contribution in [0.1, 0.15) is 168 Å². The number of halogens is 2. The first-order valence-electron chi connectivity index (χ1n) is 43.4. The highest BCUT2D eigenvalue weighted by atomic mass is 35.5. The van der Waals surface area contributed by atoms with Crippen molar-refractivity contribution >= 4 is 80.5 Å². The summed E-state index contributed by atoms with van der Waals surface area (Å²) in [5.74, 6) is -19.8. The number of benzene rings is 2. The Morgan fingerprint density at radius 2 is 1.34 bits per heavy atom. The van der Waals surface area contributed by atoms with Gasteiger partial charge in [0, 0.05) is 50.0 Å². The fourth-order valence-electron chi connectivity index (χ4n) is 19.7. The van der Waals surface area contributed by atoms with E-state index >= 15 is 24.0 Å². The second kappa shape index (κ2) is 42.5. The number of ether oxygens (including phenoxy) is 6. The van der Waals surface area contributed by atoms with Crippen molar-refractivity contribution in [1.29, 1.82) is 0 Å². The lowest BCUT2D eigenvalue weighted by Gasteiger charge is -2.51. The molecule has 123 heavy (non-hydrogen) atoms. The highest BCUT2D eigenvalue weighted by Gasteiger charge is 2.57. The molecule has 2 saturated heterocycles. The molecule has 0 aromatic heterocycles. The molecule has 0 radical (unpaired) electrons. The van der Waals surface area contributed by atoms with Crippen molar-refractivity contribution in [2.45, 2.75) is 306 Å². The Kier molecular flexibility index (Phi) is 33.5. The fourth-order valence-corrected chi connectivity index (χ4v) is 21.5. The number of aliphatic carboxylic acids is 1. The van der Waals surface area contributed by atoms with Crippen molar-refractivity contribution in [2.75, 3.05) is 39.9 Å². The van der Waals surface area contributed by atoms with Crippen molar-refractivity contribution in [3.8, 4) is 23.0 Å². The molecule has 40 heteroatoms. The summed E-state index contributed by atoms with van der Waals surface area (Å²) in [6, 6.07) is -4.64. The Morgan fingerprint density at radius 3 is 1.95 bits per heavy atom. The highest BCUT2D eigenvalue weighted by molar-refractivity contribution is 7.89. The third-order valence-corrected chi connectivity index (χ3v) is 29.0. The Hall–Kier alpha value is -6.67. The molecular formula is C83H127Cl2N11O26S. The monoisotopic (exact) mass is 1800 g/mol. The number of aliphatic hydroxyl groups is 9. The van der Waals surface area contributed by atoms with Gasteiger partial charge in [-0.25, -0.2) is 17.9 Å². The summed E-state index contributed by atoms with van der Waals surface area (Å²) < 4.78 is 69.3. The van der Waals surface area contributed by atoms with Gasteiger partial charge in [-0.2, -0.15) is 0 Å². The van der Waals surface area contributed by atoms with Crippen LogP contribution in [0.15, 0.2) is 41.3 Å². The number of sulfonamides is 1. The van der Waals surface area contributed by atoms with Gasteiger partial charge in [0.15, 0.2) is 17.8 Å². The molecule has 5 aliphatic carbocycles. The number of alkyl halides is 2. The Labute approximate surface area is 725 Å². The largest absolute Gasteiger partial charge is 0.494 e. The molecule has 690 valence electrons. The molecule has 32 atom stereocenters. The van der Waals surface area contributed by atoms with Crippen LogP contribution in [0.4, 0.5) is 0 Å². The van der Waals surface area contributed by atoms with E-state index in [-0.39, 0.29) is 130 Å². The predicted molar refractivity (Wildman–Crippen MR) is 442 cm³/mol. The number of rotatable bonds is 27. The second-order valence-electron chi connectivity index (χ2n) is 35.9. The minimum Gasteiger partial charge on any atom is -0.494 e. The zero-order chi connectivity index (χ0) is 89.4. The smallest absolute Gasteiger partial charge is 0.326 e. The van der Waals surface area contributed by atoms with E-state index in [2.05, 4.69) is 54.2 Å². The standard InChI is InChI=1S/C83H127Cl2N11O26S/c1-7-8-9-10-11-24-117-44-15-17-45(18-16-44)123(115,116)90-23-22-89-35-48-54(99)32-47-62(71(48)104)46-26-39(12-19-53(46)98)63-78(109)96-67(81(112)94-65(47)82(113)114)69(102)41-14-21-56(50(85)28-41)120-58-30-42-29-57(73(58)121-59-31-43(36-97)70(103)72(105)74(59)122-61-34-83(5,87)75(106)38(4)118-61)119-55-20-13-40(27-49(55)84)68(101)66(95-76(107)51(88-6)25-37(2)3)80(111)91-52(33-60(86)100)77(108)92-64(42)79(110)93-63/h15-18,29-30,37-41,43,46-56,59,61-72,74-75,88-90,97-99,101-106H,7-14,19-28,31-36,87H2,1-6H3,(H2,86,100)(H,91,111)(H,92,108)(H,93,110)(H,94,112)(H,95,107)(H,96,109)(H,113,114)/t38-,39-,40-,41-,43+,46?,47?,48?,49+,50?,51+,52-,53+,54?,55+,56+,59+,61-,62?,63+,64+,65-,66+,67-,68+,69+,70+,71-,72-,74-,75+,83-/m0/s1. The van der Waals surface area contributed by atoms with E-state index in [0.717, 1.165) is 32.1 Å². The average molecular weight is 1800 g/mol. The summed E-state index contributed by atoms with van der Waals surface area (Å²) >= 11 is 14.9. The number of carboxylic acid groups (broad SMARTS) is 1. The number of hydrogen-bond donors (Lipinski definition) is 21. The third-order valence-electron chi connectivity index (χ3n) is 26.6. The van der Waals surface area contributed by atoms with Gasteiger partial charge in [-0.05, 0) is 188 Å². The highest BCUT2D eigenvalue weighted by Crippen LogP contribution is 2.51. The summed E-state index contributed by atoms with van der Waals surface area (Å²) in [7, 11) is -2.56. The number of nitrogens with one attached hydrogen (secondary N) is 9. The molecule has 2 aromatic carbocycles. The van der Waals surface area contributed by atoms with Crippen LogP contribution in [0.25, 0.3) is 0 Å². The molecule has 0 spiro atoms. The van der Waals surface area contributed by atoms with Gasteiger partial charge >= 0.3 is 5.97 Å². The molecule has 11 aliphatic rings. The molecule has 13 rings (SSSR count). The molecule has 6 unspecified atom stereocenters. The van der Waals surface area contributed by atoms with E-state index in [1.54, 1.807) is 26.0 Å². The normalized spacial score (nSPS) is 38.0. The van der Waals surface area contributed by atoms with Gasteiger partial charge in [-0.1, -0.05) is 46.5 Å². The zero-order valence-electron chi connectivity index (χ0n) is 70.2. The van der Waals surface area contributed by atoms with Crippen LogP contribution >= 0.6 is 23.2 Å². The molecular weight excluding hydrogens is 1670 g/mol. The van der Waals surface area contributed by atoms with Crippen LogP contribution in [0.2, 0.25) is 0 Å². The average Bonchev–Trinajstić information content (AvgIpc) is 0.756. The maximum atomic E-state index is 16.5. The van der Waals surface area contributed by atoms with Gasteiger partial charge in [-0.3, -0.25) is 33.6 Å². The minimum atomic E-state index is -4.08. The van der Waals surface area contributed by atoms with Gasteiger partial charge in [0.2, 0.25) is 57.1 Å². The molecule has 11 bridgehead atoms. The molecule has 2 aromatic rings. The number of carboxylic acids is 1. The Morgan fingerprint density at radius 1 is 0.707 bits per heavy atom. The van der Waals surface area contributed by atoms with Crippen LogP contribution in [0, 0.1) is 53.3 Å². The number of nitrogens with two attached hydrogens (primary N) is 2. The van der Waals surface area contributed by atoms with Gasteiger partial charge in [0.1, 0.15) is 72.5 Å². The Bertz CT molecular complexity index is 4090. The number of hydrogen-bond acceptors (Lipinski definition) is 28. The molecule has 6 heterocycles. The lowest BCUT2D eigenvalue weighted by atomic mass is 9.58. The predicted octanol–water partition coefficient (Wildman–Crippen LogP) is -1.32. The van der Waals surface area contributed by atoms with Crippen LogP contribution in [-0.2, 0) is 57.9 Å². The van der Waals surface area contributed by atoms with Crippen molar-refractivity contribution in [3.63, 3.8) is 0 Å². The number of amides is 7. The van der Waals surface area contributed by atoms with Crippen LogP contribution in [-0.4, -0.2) is 285 Å². The first kappa shape index (κ1) is 97.0. The van der Waals surface area contributed by atoms with Crippen molar-refractivity contribution < 1.29 is 126 Å². The second-order valence-corrected chi connectivity index (χ2v) is 38.8. The van der Waals surface area contributed by atoms with E-state index in [1.165, 1.54) is 31.3 Å². The first-order valence-corrected chi connectivity index (χ1v) is 45.7. The van der Waals surface area contributed by atoms with E-state index in [1.807, 2.05) is 13.8 Å². The summed E-state index contributed by atoms with van der Waals surface area (Å²) in [5, 5.41) is 140. The Balaban J connectivity index is 1.01. The summed E-state index contributed by atoms with van der Waals surface area (Å²) in [5.41, 5.74) is 10.9. The van der Waals surface area contributed by atoms with Crippen molar-refractivity contribution in [2.24, 2.45) is 64.7 Å². The lowest BCUT2D eigenvalue weighted by Crippen LogP contribution is -2.66. The number of unbranched alkanes of at least 4 members (excludes halogenated alkanes) is 4. The van der Waals surface area contributed by atoms with Crippen LogP contribution in [0.5, 0.6) is 23.0 Å². The van der Waals surface area contributed by atoms with Crippen molar-refractivity contribution in [1.82, 2.24) is 47.3 Å². The van der Waals surface area contributed by atoms with Crippen LogP contribution in [0.3, 0.4) is 0 Å². The van der Waals surface area contributed by atoms with E-state index < -0.39 is 268 Å². The SMILES string of the molecule is CCCCCCCOc1ccc(S(=O)(=O)NCCNCC2C(O)CC3C(C4C[C@H](CC[C@H]4O)[C@H]4NC(=O)[C@@H]5NC(=O)[C@H](CC(N)=O)NC(=O)[C@H](NC(=O)[C@@H](CC(C)C)NC)[C@H](O)[C@H]6CC[C@@H](Oc7cc5cc(c7O[C@@H]5C[C@H](CO)[C@@H](O)[C@H](O)[C@H]5O[C@H]5C[C@](C)(N)[C@H](O)[C@H](C)O5)O[C@@H]5CC[C@@H](CC5Cl)[C@@H](O)[C@H](NC4=O)C(=O)N[C@@H]3C(=O)O)[C@H](Cl)C6)[C@H]2O)cc1. The van der Waals surface area contributed by atoms with E-state index in [4.69, 9.17) is 63.1 Å². The maximum Gasteiger partial charge on any atom is 0.326 e. The van der Waals surface area contributed by atoms with E-state index in [9.17, 15) is 73.9 Å². The van der Waals surface area contributed by atoms with E-state index in [0.29, 0.717) is 12.4 Å². The van der Waals surface area contributed by atoms with Gasteiger partial charge in [0.25, 0.3) is 0 Å². The molecule has 7 amide bonds. The fraction of sp³-hybridized carbons (Fsp3) is 0.759. The van der Waals surface area contributed by atoms with Gasteiger partial charge < -0.3 is 133 Å². The molecule has 7 fully saturated rings. The van der Waals surface area contributed by atoms with Crippen LogP contribution < -0.4 is 77.7 Å². The number of carbonyl (C=O) groups excluding carboxylic acids is 7. The first-order chi connectivity index (χ1) is 58.3. The lowest BCUT2D eigenvalue weighted by molar-refractivity contribution is -0.286. The van der Waals surface area contributed by atoms with Crippen molar-refractivity contribution in [3.05, 3.63) is 42.0 Å². The number of primary amides is 1. The molecule has 5 saturated carbocycles. The maximum absolute atomic E-state index is 16.5. The number of carbonyl (C=O) groups is 8. The van der Waals surface area contributed by atoms with Gasteiger partial charge in [-0.15, -0.1) is 23.2 Å². The number of fused-ring (bicyclic) bond motifs is 15. The quantitative estimate of drug-likeness (QED) is 0.0364. The summed E-state index contributed by atoms with van der Waals surface area (Å²) in [6.07, 6.45) is -18.3. The summed E-state index contributed by atoms with van der Waals surface area (Å²) in [4.78, 5) is 120. The van der Waals surface area contributed by atoms with Gasteiger partial charge in [0.05, 0.1) is 83.6 Å². The number of aliphatic hydroxyl groups excluding tert-OH is 9. The summed E-state index contributed by atoms with van der Waals surface area (Å²) in [6.45, 7) is 8.25.